The van der Waals surface area contributed by atoms with Crippen molar-refractivity contribution in [2.24, 2.45) is 0 Å². The molecule has 1 heterocycles. The molecule has 0 fully saturated rings. The van der Waals surface area contributed by atoms with Gasteiger partial charge in [-0.1, -0.05) is 25.4 Å². The molecule has 0 amide bonds. The number of rotatable bonds is 2. The number of hydrogen-bond donors (Lipinski definition) is 0. The van der Waals surface area contributed by atoms with Crippen molar-refractivity contribution < 1.29 is 0 Å². The molecule has 1 aromatic heterocycles. The van der Waals surface area contributed by atoms with Crippen LogP contribution in [0.4, 0.5) is 0 Å². The Bertz CT molecular complexity index is 344. The fourth-order valence-electron chi connectivity index (χ4n) is 0.816. The van der Waals surface area contributed by atoms with Gasteiger partial charge in [-0.15, -0.1) is 11.8 Å². The summed E-state index contributed by atoms with van der Waals surface area (Å²) in [6.45, 7) is 4.11. The van der Waals surface area contributed by atoms with Gasteiger partial charge in [0.25, 0.3) is 0 Å². The van der Waals surface area contributed by atoms with Gasteiger partial charge in [0, 0.05) is 11.4 Å². The summed E-state index contributed by atoms with van der Waals surface area (Å²) in [6, 6.07) is 3.64. The van der Waals surface area contributed by atoms with Gasteiger partial charge in [-0.25, -0.2) is 4.98 Å². The Morgan fingerprint density at radius 3 is 2.85 bits per heavy atom. The highest BCUT2D eigenvalue weighted by Gasteiger charge is 2.08. The minimum Gasteiger partial charge on any atom is -0.248 e. The number of pyridine rings is 1. The van der Waals surface area contributed by atoms with Crippen LogP contribution in [0, 0.1) is 11.3 Å². The van der Waals surface area contributed by atoms with Crippen molar-refractivity contribution in [1.82, 2.24) is 4.98 Å². The predicted molar refractivity (Wildman–Crippen MR) is 55.0 cm³/mol. The average molecular weight is 213 g/mol. The van der Waals surface area contributed by atoms with E-state index in [-0.39, 0.29) is 0 Å². The molecule has 0 saturated heterocycles. The highest BCUT2D eigenvalue weighted by Crippen LogP contribution is 2.29. The van der Waals surface area contributed by atoms with Crippen molar-refractivity contribution in [1.29, 1.82) is 5.26 Å². The van der Waals surface area contributed by atoms with Crippen LogP contribution in [0.5, 0.6) is 0 Å². The fraction of sp³-hybridized carbons (Fsp3) is 0.333. The molecule has 0 bridgehead atoms. The molecule has 0 aliphatic heterocycles. The lowest BCUT2D eigenvalue weighted by atomic mass is 10.3. The molecule has 4 heteroatoms. The van der Waals surface area contributed by atoms with Crippen LogP contribution in [0.3, 0.4) is 0 Å². The standard InChI is InChI=1S/C9H9ClN2S/c1-6(2)13-9-8(10)7(5-11)3-4-12-9/h3-4,6H,1-2H3. The van der Waals surface area contributed by atoms with Crippen molar-refractivity contribution in [3.8, 4) is 6.07 Å². The second-order valence-electron chi connectivity index (χ2n) is 2.76. The molecule has 0 N–H and O–H groups in total. The first-order chi connectivity index (χ1) is 6.15. The lowest BCUT2D eigenvalue weighted by Gasteiger charge is -2.05. The highest BCUT2D eigenvalue weighted by molar-refractivity contribution is 7.99. The summed E-state index contributed by atoms with van der Waals surface area (Å²) >= 11 is 7.51. The van der Waals surface area contributed by atoms with E-state index >= 15 is 0 Å². The van der Waals surface area contributed by atoms with Crippen LogP contribution in [-0.4, -0.2) is 10.2 Å². The van der Waals surface area contributed by atoms with Crippen LogP contribution >= 0.6 is 23.4 Å². The first-order valence-electron chi connectivity index (χ1n) is 3.86. The van der Waals surface area contributed by atoms with Crippen LogP contribution in [0.2, 0.25) is 5.02 Å². The van der Waals surface area contributed by atoms with Crippen molar-refractivity contribution in [3.05, 3.63) is 22.8 Å². The highest BCUT2D eigenvalue weighted by atomic mass is 35.5. The van der Waals surface area contributed by atoms with Gasteiger partial charge in [-0.3, -0.25) is 0 Å². The Labute approximate surface area is 86.9 Å². The van der Waals surface area contributed by atoms with E-state index in [0.29, 0.717) is 15.8 Å². The zero-order chi connectivity index (χ0) is 9.84. The van der Waals surface area contributed by atoms with Crippen LogP contribution < -0.4 is 0 Å². The Balaban J connectivity index is 3.03. The average Bonchev–Trinajstić information content (AvgIpc) is 2.08. The summed E-state index contributed by atoms with van der Waals surface area (Å²) in [6.07, 6.45) is 1.61. The van der Waals surface area contributed by atoms with Gasteiger partial charge in [0.15, 0.2) is 0 Å². The molecule has 0 radical (unpaired) electrons. The van der Waals surface area contributed by atoms with Gasteiger partial charge in [0.1, 0.15) is 11.1 Å². The number of nitrogens with zero attached hydrogens (tertiary/aromatic N) is 2. The van der Waals surface area contributed by atoms with E-state index in [4.69, 9.17) is 16.9 Å². The SMILES string of the molecule is CC(C)Sc1nccc(C#N)c1Cl. The molecule has 0 unspecified atom stereocenters. The van der Waals surface area contributed by atoms with Crippen LogP contribution in [0.1, 0.15) is 19.4 Å². The molecular formula is C9H9ClN2S. The summed E-state index contributed by atoms with van der Waals surface area (Å²) in [5, 5.41) is 10.3. The third-order valence-electron chi connectivity index (χ3n) is 1.33. The molecule has 0 atom stereocenters. The summed E-state index contributed by atoms with van der Waals surface area (Å²) < 4.78 is 0. The first kappa shape index (κ1) is 10.4. The van der Waals surface area contributed by atoms with E-state index in [2.05, 4.69) is 18.8 Å². The number of thioether (sulfide) groups is 1. The van der Waals surface area contributed by atoms with Gasteiger partial charge in [-0.2, -0.15) is 5.26 Å². The lowest BCUT2D eigenvalue weighted by molar-refractivity contribution is 1.07. The second kappa shape index (κ2) is 4.50. The second-order valence-corrected chi connectivity index (χ2v) is 4.70. The molecule has 2 nitrogen and oxygen atoms in total. The summed E-state index contributed by atoms with van der Waals surface area (Å²) in [7, 11) is 0. The summed E-state index contributed by atoms with van der Waals surface area (Å²) in [4.78, 5) is 4.11. The molecule has 0 aromatic carbocycles. The maximum absolute atomic E-state index is 8.71. The Morgan fingerprint density at radius 1 is 1.62 bits per heavy atom. The van der Waals surface area contributed by atoms with Gasteiger partial charge >= 0.3 is 0 Å². The van der Waals surface area contributed by atoms with Gasteiger partial charge in [0.2, 0.25) is 0 Å². The molecule has 0 saturated carbocycles. The Kier molecular flexibility index (Phi) is 3.58. The lowest BCUT2D eigenvalue weighted by Crippen LogP contribution is -1.91. The fourth-order valence-corrected chi connectivity index (χ4v) is 1.89. The van der Waals surface area contributed by atoms with Crippen molar-refractivity contribution >= 4 is 23.4 Å². The third-order valence-corrected chi connectivity index (χ3v) is 2.82. The predicted octanol–water partition coefficient (Wildman–Crippen LogP) is 3.11. The number of aromatic nitrogens is 1. The van der Waals surface area contributed by atoms with Crippen LogP contribution in [-0.2, 0) is 0 Å². The van der Waals surface area contributed by atoms with Crippen molar-refractivity contribution in [2.75, 3.05) is 0 Å². The quantitative estimate of drug-likeness (QED) is 0.707. The first-order valence-corrected chi connectivity index (χ1v) is 5.12. The van der Waals surface area contributed by atoms with Crippen LogP contribution in [0.15, 0.2) is 17.3 Å². The van der Waals surface area contributed by atoms with E-state index in [1.165, 1.54) is 0 Å². The number of hydrogen-bond acceptors (Lipinski definition) is 3. The normalized spacial score (nSPS) is 10.1. The summed E-state index contributed by atoms with van der Waals surface area (Å²) in [5.41, 5.74) is 0.486. The molecule has 13 heavy (non-hydrogen) atoms. The van der Waals surface area contributed by atoms with Gasteiger partial charge in [0.05, 0.1) is 10.6 Å². The van der Waals surface area contributed by atoms with Crippen LogP contribution in [0.25, 0.3) is 0 Å². The molecule has 1 rings (SSSR count). The number of halogens is 1. The largest absolute Gasteiger partial charge is 0.248 e. The molecule has 1 aromatic rings. The zero-order valence-electron chi connectivity index (χ0n) is 7.41. The van der Waals surface area contributed by atoms with E-state index in [1.54, 1.807) is 24.0 Å². The number of nitriles is 1. The Hall–Kier alpha value is -0.720. The Morgan fingerprint density at radius 2 is 2.31 bits per heavy atom. The maximum Gasteiger partial charge on any atom is 0.116 e. The molecule has 0 spiro atoms. The molecule has 68 valence electrons. The summed E-state index contributed by atoms with van der Waals surface area (Å²) in [5.74, 6) is 0. The minimum atomic E-state index is 0.416. The minimum absolute atomic E-state index is 0.416. The van der Waals surface area contributed by atoms with Crippen molar-refractivity contribution in [3.63, 3.8) is 0 Å². The van der Waals surface area contributed by atoms with E-state index < -0.39 is 0 Å². The third kappa shape index (κ3) is 2.61. The monoisotopic (exact) mass is 212 g/mol. The zero-order valence-corrected chi connectivity index (χ0v) is 8.99. The topological polar surface area (TPSA) is 36.7 Å². The van der Waals surface area contributed by atoms with E-state index in [0.717, 1.165) is 5.03 Å². The van der Waals surface area contributed by atoms with E-state index in [1.807, 2.05) is 6.07 Å². The molecular weight excluding hydrogens is 204 g/mol. The molecule has 0 aliphatic rings. The van der Waals surface area contributed by atoms with E-state index in [9.17, 15) is 0 Å². The maximum atomic E-state index is 8.71. The smallest absolute Gasteiger partial charge is 0.116 e. The van der Waals surface area contributed by atoms with Crippen molar-refractivity contribution in [2.45, 2.75) is 24.1 Å². The van der Waals surface area contributed by atoms with Gasteiger partial charge < -0.3 is 0 Å². The molecule has 0 aliphatic carbocycles. The van der Waals surface area contributed by atoms with Gasteiger partial charge in [-0.05, 0) is 6.07 Å².